The summed E-state index contributed by atoms with van der Waals surface area (Å²) >= 11 is 6.24. The van der Waals surface area contributed by atoms with E-state index in [9.17, 15) is 9.59 Å². The van der Waals surface area contributed by atoms with Crippen LogP contribution in [0, 0.1) is 5.92 Å². The highest BCUT2D eigenvalue weighted by Gasteiger charge is 2.48. The zero-order chi connectivity index (χ0) is 24.6. The van der Waals surface area contributed by atoms with Gasteiger partial charge in [0.15, 0.2) is 0 Å². The predicted octanol–water partition coefficient (Wildman–Crippen LogP) is 5.92. The molecule has 182 valence electrons. The first-order chi connectivity index (χ1) is 16.8. The third-order valence-electron chi connectivity index (χ3n) is 7.65. The van der Waals surface area contributed by atoms with Crippen molar-refractivity contribution in [2.75, 3.05) is 0 Å². The molecule has 1 aliphatic heterocycles. The Bertz CT molecular complexity index is 1230. The fourth-order valence-electron chi connectivity index (χ4n) is 5.45. The van der Waals surface area contributed by atoms with Gasteiger partial charge in [-0.1, -0.05) is 61.0 Å². The van der Waals surface area contributed by atoms with Gasteiger partial charge in [0, 0.05) is 23.3 Å². The monoisotopic (exact) mass is 489 g/mol. The minimum atomic E-state index is -1.04. The molecule has 3 aromatic rings. The third kappa shape index (κ3) is 4.62. The van der Waals surface area contributed by atoms with Crippen LogP contribution in [0.15, 0.2) is 66.7 Å². The van der Waals surface area contributed by atoms with Crippen LogP contribution in [-0.4, -0.2) is 32.9 Å². The van der Waals surface area contributed by atoms with Crippen molar-refractivity contribution in [3.63, 3.8) is 0 Å². The molecule has 0 bridgehead atoms. The van der Waals surface area contributed by atoms with Crippen LogP contribution in [0.1, 0.15) is 55.6 Å². The van der Waals surface area contributed by atoms with Gasteiger partial charge in [0.05, 0.1) is 6.54 Å². The smallest absolute Gasteiger partial charge is 0.271 e. The average Bonchev–Trinajstić information content (AvgIpc) is 3.27. The van der Waals surface area contributed by atoms with E-state index in [0.29, 0.717) is 29.7 Å². The van der Waals surface area contributed by atoms with E-state index in [1.807, 2.05) is 78.2 Å². The van der Waals surface area contributed by atoms with Crippen LogP contribution in [0.3, 0.4) is 0 Å². The molecule has 2 heterocycles. The second kappa shape index (κ2) is 9.54. The second-order valence-corrected chi connectivity index (χ2v) is 10.7. The fourth-order valence-corrected chi connectivity index (χ4v) is 5.66. The SMILES string of the molecule is CC1CCC(NC(=O)C2(C)Cn3c(ccc3-c3ccccc3)C(=O)N2Cc2cccc(Cl)c2)CC1. The summed E-state index contributed by atoms with van der Waals surface area (Å²) in [7, 11) is 0. The molecule has 1 N–H and O–H groups in total. The van der Waals surface area contributed by atoms with Gasteiger partial charge < -0.3 is 14.8 Å². The van der Waals surface area contributed by atoms with Gasteiger partial charge >= 0.3 is 0 Å². The van der Waals surface area contributed by atoms with Gasteiger partial charge in [-0.3, -0.25) is 9.59 Å². The molecule has 2 aromatic carbocycles. The molecule has 1 aromatic heterocycles. The summed E-state index contributed by atoms with van der Waals surface area (Å²) in [4.78, 5) is 29.5. The fraction of sp³-hybridized carbons (Fsp3) is 0.379. The van der Waals surface area contributed by atoms with E-state index in [2.05, 4.69) is 12.2 Å². The van der Waals surface area contributed by atoms with E-state index in [0.717, 1.165) is 42.5 Å². The number of rotatable bonds is 5. The van der Waals surface area contributed by atoms with Crippen LogP contribution in [0.2, 0.25) is 5.02 Å². The standard InChI is InChI=1S/C29H32ClN3O2/c1-20-11-13-24(14-12-20)31-28(35)29(2)19-32-25(22-8-4-3-5-9-22)15-16-26(32)27(34)33(29)18-21-7-6-10-23(30)17-21/h3-10,15-17,20,24H,11-14,18-19H2,1-2H3,(H,31,35). The number of fused-ring (bicyclic) bond motifs is 1. The number of nitrogens with one attached hydrogen (secondary N) is 1. The molecule has 1 saturated carbocycles. The van der Waals surface area contributed by atoms with Gasteiger partial charge in [-0.15, -0.1) is 0 Å². The van der Waals surface area contributed by atoms with Crippen molar-refractivity contribution in [3.05, 3.63) is 83.0 Å². The average molecular weight is 490 g/mol. The Kier molecular flexibility index (Phi) is 6.45. The van der Waals surface area contributed by atoms with Crippen LogP contribution in [0.4, 0.5) is 0 Å². The largest absolute Gasteiger partial charge is 0.351 e. The highest BCUT2D eigenvalue weighted by Crippen LogP contribution is 2.35. The van der Waals surface area contributed by atoms with Crippen LogP contribution >= 0.6 is 11.6 Å². The Balaban J connectivity index is 1.52. The Morgan fingerprint density at radius 1 is 1.00 bits per heavy atom. The van der Waals surface area contributed by atoms with Crippen LogP contribution in [0.25, 0.3) is 11.3 Å². The molecule has 0 saturated heterocycles. The number of hydrogen-bond donors (Lipinski definition) is 1. The molecule has 0 spiro atoms. The normalized spacial score (nSPS) is 24.2. The second-order valence-electron chi connectivity index (χ2n) is 10.3. The molecule has 2 aliphatic rings. The van der Waals surface area contributed by atoms with Gasteiger partial charge in [0.1, 0.15) is 11.2 Å². The zero-order valence-corrected chi connectivity index (χ0v) is 21.1. The zero-order valence-electron chi connectivity index (χ0n) is 20.3. The number of hydrogen-bond acceptors (Lipinski definition) is 2. The van der Waals surface area contributed by atoms with E-state index in [-0.39, 0.29) is 17.9 Å². The summed E-state index contributed by atoms with van der Waals surface area (Å²) < 4.78 is 2.01. The number of nitrogens with zero attached hydrogens (tertiary/aromatic N) is 2. The maximum atomic E-state index is 13.9. The molecule has 2 amide bonds. The van der Waals surface area contributed by atoms with Crippen molar-refractivity contribution in [3.8, 4) is 11.3 Å². The van der Waals surface area contributed by atoms with Crippen LogP contribution in [-0.2, 0) is 17.9 Å². The Hall–Kier alpha value is -3.05. The number of aromatic nitrogens is 1. The number of carbonyl (C=O) groups excluding carboxylic acids is 2. The molecule has 1 fully saturated rings. The predicted molar refractivity (Wildman–Crippen MR) is 139 cm³/mol. The van der Waals surface area contributed by atoms with Crippen LogP contribution < -0.4 is 5.32 Å². The van der Waals surface area contributed by atoms with Crippen molar-refractivity contribution >= 4 is 23.4 Å². The van der Waals surface area contributed by atoms with Crippen molar-refractivity contribution in [1.29, 1.82) is 0 Å². The number of halogens is 1. The first kappa shape index (κ1) is 23.7. The molecule has 5 nitrogen and oxygen atoms in total. The van der Waals surface area contributed by atoms with Crippen molar-refractivity contribution < 1.29 is 9.59 Å². The molecule has 0 radical (unpaired) electrons. The lowest BCUT2D eigenvalue weighted by atomic mass is 9.86. The van der Waals surface area contributed by atoms with E-state index < -0.39 is 5.54 Å². The lowest BCUT2D eigenvalue weighted by Crippen LogP contribution is -2.64. The van der Waals surface area contributed by atoms with E-state index in [1.165, 1.54) is 0 Å². The maximum absolute atomic E-state index is 13.9. The van der Waals surface area contributed by atoms with Gasteiger partial charge in [-0.2, -0.15) is 0 Å². The molecule has 6 heteroatoms. The quantitative estimate of drug-likeness (QED) is 0.483. The first-order valence-electron chi connectivity index (χ1n) is 12.5. The maximum Gasteiger partial charge on any atom is 0.271 e. The molecular formula is C29H32ClN3O2. The topological polar surface area (TPSA) is 54.3 Å². The van der Waals surface area contributed by atoms with Crippen molar-refractivity contribution in [2.45, 2.75) is 64.2 Å². The lowest BCUT2D eigenvalue weighted by Gasteiger charge is -2.45. The van der Waals surface area contributed by atoms with Crippen molar-refractivity contribution in [1.82, 2.24) is 14.8 Å². The summed E-state index contributed by atoms with van der Waals surface area (Å²) in [5, 5.41) is 3.92. The molecule has 1 atom stereocenters. The highest BCUT2D eigenvalue weighted by atomic mass is 35.5. The van der Waals surface area contributed by atoms with Gasteiger partial charge in [0.2, 0.25) is 5.91 Å². The number of carbonyl (C=O) groups is 2. The van der Waals surface area contributed by atoms with Gasteiger partial charge in [-0.05, 0) is 73.9 Å². The van der Waals surface area contributed by atoms with Crippen molar-refractivity contribution in [2.24, 2.45) is 5.92 Å². The van der Waals surface area contributed by atoms with E-state index in [4.69, 9.17) is 11.6 Å². The van der Waals surface area contributed by atoms with E-state index >= 15 is 0 Å². The summed E-state index contributed by atoms with van der Waals surface area (Å²) in [5.41, 5.74) is 2.43. The summed E-state index contributed by atoms with van der Waals surface area (Å²) in [6.45, 7) is 4.87. The Labute approximate surface area is 212 Å². The molecule has 1 unspecified atom stereocenters. The highest BCUT2D eigenvalue weighted by molar-refractivity contribution is 6.30. The molecular weight excluding hydrogens is 458 g/mol. The summed E-state index contributed by atoms with van der Waals surface area (Å²) in [6.07, 6.45) is 4.20. The third-order valence-corrected chi connectivity index (χ3v) is 7.88. The minimum absolute atomic E-state index is 0.0919. The molecule has 5 rings (SSSR count). The minimum Gasteiger partial charge on any atom is -0.351 e. The van der Waals surface area contributed by atoms with E-state index in [1.54, 1.807) is 4.90 Å². The molecule has 35 heavy (non-hydrogen) atoms. The number of amides is 2. The Morgan fingerprint density at radius 2 is 1.71 bits per heavy atom. The van der Waals surface area contributed by atoms with Crippen LogP contribution in [0.5, 0.6) is 0 Å². The first-order valence-corrected chi connectivity index (χ1v) is 12.9. The van der Waals surface area contributed by atoms with Gasteiger partial charge in [0.25, 0.3) is 5.91 Å². The summed E-state index contributed by atoms with van der Waals surface area (Å²) in [5.74, 6) is 0.462. The molecule has 1 aliphatic carbocycles. The van der Waals surface area contributed by atoms with Gasteiger partial charge in [-0.25, -0.2) is 0 Å². The summed E-state index contributed by atoms with van der Waals surface area (Å²) in [6, 6.07) is 21.5. The lowest BCUT2D eigenvalue weighted by molar-refractivity contribution is -0.134. The Morgan fingerprint density at radius 3 is 2.43 bits per heavy atom. The number of benzene rings is 2.